The van der Waals surface area contributed by atoms with E-state index in [-0.39, 0.29) is 28.7 Å². The molecular weight excluding hydrogens is 356 g/mol. The van der Waals surface area contributed by atoms with Crippen molar-refractivity contribution in [3.63, 3.8) is 0 Å². The van der Waals surface area contributed by atoms with Gasteiger partial charge in [0.1, 0.15) is 0 Å². The third-order valence-corrected chi connectivity index (χ3v) is 7.85. The van der Waals surface area contributed by atoms with Gasteiger partial charge in [0.05, 0.1) is 23.3 Å². The molecule has 1 aliphatic heterocycles. The van der Waals surface area contributed by atoms with Crippen molar-refractivity contribution in [2.75, 3.05) is 36.9 Å². The van der Waals surface area contributed by atoms with Crippen molar-refractivity contribution in [1.29, 1.82) is 0 Å². The number of nitrogens with one attached hydrogen (secondary N) is 1. The van der Waals surface area contributed by atoms with E-state index in [1.165, 1.54) is 17.3 Å². The zero-order chi connectivity index (χ0) is 18.3. The molecule has 2 rings (SSSR count). The summed E-state index contributed by atoms with van der Waals surface area (Å²) in [5.41, 5.74) is 1.20. The Labute approximate surface area is 155 Å². The molecule has 0 bridgehead atoms. The van der Waals surface area contributed by atoms with E-state index in [2.05, 4.69) is 36.2 Å². The minimum Gasteiger partial charge on any atom is -0.353 e. The molecule has 1 N–H and O–H groups in total. The van der Waals surface area contributed by atoms with Gasteiger partial charge in [-0.25, -0.2) is 8.42 Å². The first-order valence-electron chi connectivity index (χ1n) is 8.83. The van der Waals surface area contributed by atoms with Crippen LogP contribution in [-0.4, -0.2) is 61.4 Å². The van der Waals surface area contributed by atoms with Gasteiger partial charge in [-0.05, 0) is 25.1 Å². The number of thioether (sulfide) groups is 1. The zero-order valence-electron chi connectivity index (χ0n) is 15.0. The summed E-state index contributed by atoms with van der Waals surface area (Å²) in [4.78, 5) is 14.5. The average Bonchev–Trinajstić information content (AvgIpc) is 2.96. The van der Waals surface area contributed by atoms with Crippen molar-refractivity contribution in [2.45, 2.75) is 31.6 Å². The van der Waals surface area contributed by atoms with Gasteiger partial charge < -0.3 is 5.32 Å². The zero-order valence-corrected chi connectivity index (χ0v) is 16.6. The lowest BCUT2D eigenvalue weighted by Gasteiger charge is -2.30. The fourth-order valence-corrected chi connectivity index (χ4v) is 6.62. The van der Waals surface area contributed by atoms with Crippen LogP contribution in [0.15, 0.2) is 30.3 Å². The van der Waals surface area contributed by atoms with Gasteiger partial charge in [0.2, 0.25) is 5.91 Å². The highest BCUT2D eigenvalue weighted by Gasteiger charge is 2.28. The van der Waals surface area contributed by atoms with Crippen LogP contribution in [0, 0.1) is 0 Å². The number of sulfone groups is 1. The minimum absolute atomic E-state index is 0.0256. The number of benzene rings is 1. The highest BCUT2D eigenvalue weighted by molar-refractivity contribution is 8.02. The molecule has 25 heavy (non-hydrogen) atoms. The first-order valence-corrected chi connectivity index (χ1v) is 11.7. The van der Waals surface area contributed by atoms with Crippen LogP contribution in [-0.2, 0) is 14.6 Å². The molecule has 0 spiro atoms. The molecule has 7 heteroatoms. The summed E-state index contributed by atoms with van der Waals surface area (Å²) in [7, 11) is -2.88. The minimum atomic E-state index is -2.88. The number of carbonyl (C=O) groups excluding carboxylic acids is 1. The lowest BCUT2D eigenvalue weighted by Crippen LogP contribution is -2.38. The Morgan fingerprint density at radius 1 is 1.28 bits per heavy atom. The summed E-state index contributed by atoms with van der Waals surface area (Å²) < 4.78 is 23.0. The molecule has 140 valence electrons. The lowest BCUT2D eigenvalue weighted by atomic mass is 10.1. The Bertz CT molecular complexity index is 646. The van der Waals surface area contributed by atoms with Crippen LogP contribution in [0.2, 0.25) is 0 Å². The molecule has 1 saturated heterocycles. The van der Waals surface area contributed by atoms with Gasteiger partial charge >= 0.3 is 0 Å². The number of rotatable bonds is 9. The molecule has 2 unspecified atom stereocenters. The SMILES string of the molecule is CCN(CC)C(CNC(=O)CSC1CCS(=O)(=O)C1)c1ccccc1. The van der Waals surface area contributed by atoms with E-state index in [4.69, 9.17) is 0 Å². The summed E-state index contributed by atoms with van der Waals surface area (Å²) in [6, 6.07) is 10.4. The average molecular weight is 385 g/mol. The van der Waals surface area contributed by atoms with Gasteiger partial charge in [-0.15, -0.1) is 11.8 Å². The molecule has 0 radical (unpaired) electrons. The summed E-state index contributed by atoms with van der Waals surface area (Å²) in [6.07, 6.45) is 0.659. The molecule has 1 aromatic rings. The molecule has 1 amide bonds. The van der Waals surface area contributed by atoms with Gasteiger partial charge in [0, 0.05) is 11.8 Å². The normalized spacial score (nSPS) is 20.5. The second kappa shape index (κ2) is 9.59. The van der Waals surface area contributed by atoms with Crippen molar-refractivity contribution in [3.8, 4) is 0 Å². The monoisotopic (exact) mass is 384 g/mol. The Balaban J connectivity index is 1.86. The molecule has 2 atom stereocenters. The fraction of sp³-hybridized carbons (Fsp3) is 0.611. The molecule has 1 fully saturated rings. The lowest BCUT2D eigenvalue weighted by molar-refractivity contribution is -0.118. The van der Waals surface area contributed by atoms with E-state index in [1.807, 2.05) is 18.2 Å². The smallest absolute Gasteiger partial charge is 0.230 e. The quantitative estimate of drug-likeness (QED) is 0.706. The van der Waals surface area contributed by atoms with E-state index in [1.54, 1.807) is 0 Å². The molecule has 5 nitrogen and oxygen atoms in total. The number of amides is 1. The number of hydrogen-bond donors (Lipinski definition) is 1. The maximum Gasteiger partial charge on any atom is 0.230 e. The fourth-order valence-electron chi connectivity index (χ4n) is 3.14. The third-order valence-electron chi connectivity index (χ3n) is 4.57. The van der Waals surface area contributed by atoms with E-state index in [0.29, 0.717) is 18.7 Å². The molecule has 1 aliphatic rings. The van der Waals surface area contributed by atoms with Crippen LogP contribution < -0.4 is 5.32 Å². The first-order chi connectivity index (χ1) is 11.9. The van der Waals surface area contributed by atoms with Gasteiger partial charge in [-0.1, -0.05) is 44.2 Å². The van der Waals surface area contributed by atoms with Gasteiger partial charge in [0.25, 0.3) is 0 Å². The molecule has 0 saturated carbocycles. The predicted octanol–water partition coefficient (Wildman–Crippen LogP) is 2.11. The Hall–Kier alpha value is -1.05. The molecule has 0 aliphatic carbocycles. The number of carbonyl (C=O) groups is 1. The molecule has 0 aromatic heterocycles. The number of nitrogens with zero attached hydrogens (tertiary/aromatic N) is 1. The summed E-state index contributed by atoms with van der Waals surface area (Å²) in [5.74, 6) is 0.754. The number of hydrogen-bond acceptors (Lipinski definition) is 5. The van der Waals surface area contributed by atoms with Crippen LogP contribution in [0.5, 0.6) is 0 Å². The third kappa shape index (κ3) is 6.31. The Morgan fingerprint density at radius 3 is 2.52 bits per heavy atom. The maximum atomic E-state index is 12.2. The van der Waals surface area contributed by atoms with Gasteiger partial charge in [-0.2, -0.15) is 0 Å². The van der Waals surface area contributed by atoms with Crippen molar-refractivity contribution < 1.29 is 13.2 Å². The second-order valence-electron chi connectivity index (χ2n) is 6.29. The van der Waals surface area contributed by atoms with Crippen molar-refractivity contribution in [2.24, 2.45) is 0 Å². The van der Waals surface area contributed by atoms with Crippen molar-refractivity contribution in [3.05, 3.63) is 35.9 Å². The van der Waals surface area contributed by atoms with Crippen molar-refractivity contribution >= 4 is 27.5 Å². The van der Waals surface area contributed by atoms with E-state index in [9.17, 15) is 13.2 Å². The van der Waals surface area contributed by atoms with Crippen LogP contribution >= 0.6 is 11.8 Å². The Kier molecular flexibility index (Phi) is 7.78. The van der Waals surface area contributed by atoms with Crippen LogP contribution in [0.25, 0.3) is 0 Å². The van der Waals surface area contributed by atoms with Crippen LogP contribution in [0.4, 0.5) is 0 Å². The predicted molar refractivity (Wildman–Crippen MR) is 105 cm³/mol. The summed E-state index contributed by atoms with van der Waals surface area (Å²) in [6.45, 7) is 6.64. The molecular formula is C18H28N2O3S2. The Morgan fingerprint density at radius 2 is 1.96 bits per heavy atom. The summed E-state index contributed by atoms with van der Waals surface area (Å²) >= 11 is 1.46. The maximum absolute atomic E-state index is 12.2. The highest BCUT2D eigenvalue weighted by Crippen LogP contribution is 2.24. The highest BCUT2D eigenvalue weighted by atomic mass is 32.2. The topological polar surface area (TPSA) is 66.5 Å². The molecule has 1 heterocycles. The van der Waals surface area contributed by atoms with Gasteiger partial charge in [-0.3, -0.25) is 9.69 Å². The van der Waals surface area contributed by atoms with Crippen LogP contribution in [0.3, 0.4) is 0 Å². The number of likely N-dealkylation sites (N-methyl/N-ethyl adjacent to an activating group) is 1. The standard InChI is InChI=1S/C18H28N2O3S2/c1-3-20(4-2)17(15-8-6-5-7-9-15)12-19-18(21)13-24-16-10-11-25(22,23)14-16/h5-9,16-17H,3-4,10-14H2,1-2H3,(H,19,21). The second-order valence-corrected chi connectivity index (χ2v) is 9.81. The largest absolute Gasteiger partial charge is 0.353 e. The van der Waals surface area contributed by atoms with Crippen molar-refractivity contribution in [1.82, 2.24) is 10.2 Å². The van der Waals surface area contributed by atoms with Gasteiger partial charge in [0.15, 0.2) is 9.84 Å². The van der Waals surface area contributed by atoms with Crippen LogP contribution in [0.1, 0.15) is 31.9 Å². The van der Waals surface area contributed by atoms with E-state index < -0.39 is 9.84 Å². The first kappa shape index (κ1) is 20.3. The molecule has 1 aromatic carbocycles. The van der Waals surface area contributed by atoms with E-state index in [0.717, 1.165) is 13.1 Å². The van der Waals surface area contributed by atoms with E-state index >= 15 is 0 Å². The summed E-state index contributed by atoms with van der Waals surface area (Å²) in [5, 5.41) is 3.08.